The Balaban J connectivity index is 2.26. The van der Waals surface area contributed by atoms with Gasteiger partial charge in [0, 0.05) is 18.3 Å². The molecule has 0 N–H and O–H groups in total. The molecule has 0 saturated heterocycles. The van der Waals surface area contributed by atoms with Crippen molar-refractivity contribution in [3.63, 3.8) is 0 Å². The molecule has 2 aromatic rings. The fourth-order valence-electron chi connectivity index (χ4n) is 1.72. The average Bonchev–Trinajstić information content (AvgIpc) is 2.22. The lowest BCUT2D eigenvalue weighted by Gasteiger charge is -2.05. The molecule has 0 radical (unpaired) electrons. The summed E-state index contributed by atoms with van der Waals surface area (Å²) in [5.74, 6) is 0. The quantitative estimate of drug-likeness (QED) is 0.720. The molecule has 0 aliphatic heterocycles. The molecule has 0 fully saturated rings. The SMILES string of the molecule is Cc1cccc(Cc2ncccc2C)c1. The second-order valence-corrected chi connectivity index (χ2v) is 3.93. The Hall–Kier alpha value is -1.63. The number of hydrogen-bond acceptors (Lipinski definition) is 1. The van der Waals surface area contributed by atoms with Gasteiger partial charge in [-0.05, 0) is 31.0 Å². The van der Waals surface area contributed by atoms with Gasteiger partial charge >= 0.3 is 0 Å². The van der Waals surface area contributed by atoms with E-state index in [0.717, 1.165) is 6.42 Å². The van der Waals surface area contributed by atoms with Gasteiger partial charge < -0.3 is 0 Å². The number of benzene rings is 1. The molecule has 0 unspecified atom stereocenters. The molecule has 0 saturated carbocycles. The van der Waals surface area contributed by atoms with E-state index in [1.807, 2.05) is 12.3 Å². The minimum Gasteiger partial charge on any atom is -0.261 e. The highest BCUT2D eigenvalue weighted by Crippen LogP contribution is 2.12. The number of nitrogens with zero attached hydrogens (tertiary/aromatic N) is 1. The van der Waals surface area contributed by atoms with Gasteiger partial charge in [0.1, 0.15) is 0 Å². The Bertz CT molecular complexity index is 460. The summed E-state index contributed by atoms with van der Waals surface area (Å²) >= 11 is 0. The zero-order valence-electron chi connectivity index (χ0n) is 9.20. The molecule has 1 heterocycles. The summed E-state index contributed by atoms with van der Waals surface area (Å²) in [6.45, 7) is 4.23. The van der Waals surface area contributed by atoms with Crippen molar-refractivity contribution in [1.29, 1.82) is 0 Å². The Morgan fingerprint density at radius 3 is 2.67 bits per heavy atom. The predicted octanol–water partition coefficient (Wildman–Crippen LogP) is 3.29. The van der Waals surface area contributed by atoms with Crippen LogP contribution in [-0.4, -0.2) is 4.98 Å². The summed E-state index contributed by atoms with van der Waals surface area (Å²) in [6.07, 6.45) is 2.78. The smallest absolute Gasteiger partial charge is 0.0476 e. The van der Waals surface area contributed by atoms with Gasteiger partial charge in [0.2, 0.25) is 0 Å². The van der Waals surface area contributed by atoms with Gasteiger partial charge in [-0.25, -0.2) is 0 Å². The summed E-state index contributed by atoms with van der Waals surface area (Å²) in [5.41, 5.74) is 5.07. The highest BCUT2D eigenvalue weighted by molar-refractivity contribution is 5.29. The normalized spacial score (nSPS) is 10.3. The van der Waals surface area contributed by atoms with E-state index in [-0.39, 0.29) is 0 Å². The van der Waals surface area contributed by atoms with Crippen LogP contribution in [-0.2, 0) is 6.42 Å². The van der Waals surface area contributed by atoms with Crippen LogP contribution in [0.3, 0.4) is 0 Å². The van der Waals surface area contributed by atoms with Crippen LogP contribution in [0.5, 0.6) is 0 Å². The van der Waals surface area contributed by atoms with E-state index in [4.69, 9.17) is 0 Å². The van der Waals surface area contributed by atoms with Gasteiger partial charge in [-0.2, -0.15) is 0 Å². The lowest BCUT2D eigenvalue weighted by atomic mass is 10.0. The third kappa shape index (κ3) is 2.44. The largest absolute Gasteiger partial charge is 0.261 e. The zero-order valence-corrected chi connectivity index (χ0v) is 9.20. The van der Waals surface area contributed by atoms with E-state index in [0.29, 0.717) is 0 Å². The fraction of sp³-hybridized carbons (Fsp3) is 0.214. The van der Waals surface area contributed by atoms with Crippen molar-refractivity contribution in [2.75, 3.05) is 0 Å². The number of aromatic nitrogens is 1. The predicted molar refractivity (Wildman–Crippen MR) is 63.0 cm³/mol. The third-order valence-corrected chi connectivity index (χ3v) is 2.57. The van der Waals surface area contributed by atoms with Gasteiger partial charge in [0.05, 0.1) is 0 Å². The first-order valence-corrected chi connectivity index (χ1v) is 5.22. The van der Waals surface area contributed by atoms with Crippen LogP contribution in [0.25, 0.3) is 0 Å². The topological polar surface area (TPSA) is 12.9 Å². The maximum absolute atomic E-state index is 4.40. The Labute approximate surface area is 90.8 Å². The second kappa shape index (κ2) is 4.26. The number of rotatable bonds is 2. The maximum atomic E-state index is 4.40. The number of hydrogen-bond donors (Lipinski definition) is 0. The molecule has 0 bridgehead atoms. The standard InChI is InChI=1S/C14H15N/c1-11-5-3-7-13(9-11)10-14-12(2)6-4-8-15-14/h3-9H,10H2,1-2H3. The minimum atomic E-state index is 0.925. The highest BCUT2D eigenvalue weighted by atomic mass is 14.7. The highest BCUT2D eigenvalue weighted by Gasteiger charge is 2.00. The first kappa shape index (κ1) is 9.91. The lowest BCUT2D eigenvalue weighted by molar-refractivity contribution is 1.04. The molecule has 0 aliphatic carbocycles. The van der Waals surface area contributed by atoms with E-state index in [2.05, 4.69) is 49.2 Å². The van der Waals surface area contributed by atoms with Gasteiger partial charge in [-0.15, -0.1) is 0 Å². The zero-order chi connectivity index (χ0) is 10.7. The van der Waals surface area contributed by atoms with E-state index < -0.39 is 0 Å². The van der Waals surface area contributed by atoms with E-state index >= 15 is 0 Å². The van der Waals surface area contributed by atoms with Crippen molar-refractivity contribution in [3.05, 3.63) is 65.0 Å². The summed E-state index contributed by atoms with van der Waals surface area (Å²) in [6, 6.07) is 12.7. The molecule has 76 valence electrons. The molecular weight excluding hydrogens is 182 g/mol. The van der Waals surface area contributed by atoms with Crippen LogP contribution in [0.4, 0.5) is 0 Å². The van der Waals surface area contributed by atoms with Gasteiger partial charge in [-0.1, -0.05) is 35.9 Å². The fourth-order valence-corrected chi connectivity index (χ4v) is 1.72. The van der Waals surface area contributed by atoms with Crippen molar-refractivity contribution in [2.45, 2.75) is 20.3 Å². The number of aryl methyl sites for hydroxylation is 2. The van der Waals surface area contributed by atoms with Crippen LogP contribution in [0.2, 0.25) is 0 Å². The molecule has 1 heteroatoms. The maximum Gasteiger partial charge on any atom is 0.0476 e. The van der Waals surface area contributed by atoms with Crippen molar-refractivity contribution in [1.82, 2.24) is 4.98 Å². The van der Waals surface area contributed by atoms with Gasteiger partial charge in [0.15, 0.2) is 0 Å². The van der Waals surface area contributed by atoms with Crippen molar-refractivity contribution in [2.24, 2.45) is 0 Å². The number of pyridine rings is 1. The lowest BCUT2D eigenvalue weighted by Crippen LogP contribution is -1.95. The molecular formula is C14H15N. The first-order chi connectivity index (χ1) is 7.25. The van der Waals surface area contributed by atoms with E-state index in [9.17, 15) is 0 Å². The van der Waals surface area contributed by atoms with Crippen LogP contribution < -0.4 is 0 Å². The second-order valence-electron chi connectivity index (χ2n) is 3.93. The molecule has 0 amide bonds. The molecule has 1 nitrogen and oxygen atoms in total. The summed E-state index contributed by atoms with van der Waals surface area (Å²) in [4.78, 5) is 4.40. The molecule has 15 heavy (non-hydrogen) atoms. The Kier molecular flexibility index (Phi) is 2.82. The Morgan fingerprint density at radius 1 is 1.07 bits per heavy atom. The van der Waals surface area contributed by atoms with Crippen molar-refractivity contribution >= 4 is 0 Å². The molecule has 1 aromatic carbocycles. The molecule has 0 aliphatic rings. The van der Waals surface area contributed by atoms with Crippen LogP contribution in [0.15, 0.2) is 42.6 Å². The Morgan fingerprint density at radius 2 is 1.93 bits per heavy atom. The van der Waals surface area contributed by atoms with E-state index in [1.54, 1.807) is 0 Å². The average molecular weight is 197 g/mol. The van der Waals surface area contributed by atoms with Gasteiger partial charge in [-0.3, -0.25) is 4.98 Å². The third-order valence-electron chi connectivity index (χ3n) is 2.57. The van der Waals surface area contributed by atoms with Crippen LogP contribution in [0, 0.1) is 13.8 Å². The summed E-state index contributed by atoms with van der Waals surface area (Å²) < 4.78 is 0. The minimum absolute atomic E-state index is 0.925. The first-order valence-electron chi connectivity index (χ1n) is 5.22. The van der Waals surface area contributed by atoms with Crippen LogP contribution in [0.1, 0.15) is 22.4 Å². The van der Waals surface area contributed by atoms with Crippen molar-refractivity contribution in [3.8, 4) is 0 Å². The van der Waals surface area contributed by atoms with Gasteiger partial charge in [0.25, 0.3) is 0 Å². The molecule has 2 rings (SSSR count). The molecule has 0 atom stereocenters. The van der Waals surface area contributed by atoms with Crippen molar-refractivity contribution < 1.29 is 0 Å². The van der Waals surface area contributed by atoms with Crippen LogP contribution >= 0.6 is 0 Å². The molecule has 1 aromatic heterocycles. The summed E-state index contributed by atoms with van der Waals surface area (Å²) in [5, 5.41) is 0. The molecule has 0 spiro atoms. The summed E-state index contributed by atoms with van der Waals surface area (Å²) in [7, 11) is 0. The monoisotopic (exact) mass is 197 g/mol. The van der Waals surface area contributed by atoms with E-state index in [1.165, 1.54) is 22.4 Å².